The van der Waals surface area contributed by atoms with Gasteiger partial charge in [0.05, 0.1) is 12.6 Å². The van der Waals surface area contributed by atoms with Crippen molar-refractivity contribution in [2.45, 2.75) is 31.7 Å². The van der Waals surface area contributed by atoms with Crippen LogP contribution in [0.15, 0.2) is 0 Å². The van der Waals surface area contributed by atoms with Crippen LogP contribution in [0, 0.1) is 5.92 Å². The molecule has 1 fully saturated rings. The summed E-state index contributed by atoms with van der Waals surface area (Å²) in [4.78, 5) is 10.4. The summed E-state index contributed by atoms with van der Waals surface area (Å²) < 4.78 is 38.5. The number of alkyl halides is 3. The molecule has 0 aliphatic heterocycles. The van der Waals surface area contributed by atoms with Gasteiger partial charge in [0.25, 0.3) is 0 Å². The third-order valence-corrected chi connectivity index (χ3v) is 2.67. The molecule has 8 heteroatoms. The lowest BCUT2D eigenvalue weighted by atomic mass is 10.2. The van der Waals surface area contributed by atoms with Gasteiger partial charge in [0.1, 0.15) is 0 Å². The highest BCUT2D eigenvalue weighted by Crippen LogP contribution is 2.35. The second-order valence-corrected chi connectivity index (χ2v) is 4.03. The zero-order chi connectivity index (χ0) is 12.6. The fourth-order valence-corrected chi connectivity index (χ4v) is 1.63. The molecule has 1 unspecified atom stereocenters. The summed E-state index contributed by atoms with van der Waals surface area (Å²) in [7, 11) is 0. The molecule has 0 aromatic carbocycles. The van der Waals surface area contributed by atoms with Crippen LogP contribution in [0.2, 0.25) is 0 Å². The lowest BCUT2D eigenvalue weighted by molar-refractivity contribution is -0.145. The quantitative estimate of drug-likeness (QED) is 0.804. The van der Waals surface area contributed by atoms with Crippen LogP contribution in [0.4, 0.5) is 13.2 Å². The van der Waals surface area contributed by atoms with Crippen molar-refractivity contribution in [1.82, 2.24) is 15.0 Å². The summed E-state index contributed by atoms with van der Waals surface area (Å²) in [5, 5.41) is 16.0. The second-order valence-electron chi connectivity index (χ2n) is 4.03. The predicted molar refractivity (Wildman–Crippen MR) is 49.1 cm³/mol. The van der Waals surface area contributed by atoms with Crippen LogP contribution in [-0.2, 0) is 12.7 Å². The van der Waals surface area contributed by atoms with Gasteiger partial charge >= 0.3 is 6.18 Å². The highest BCUT2D eigenvalue weighted by molar-refractivity contribution is 5.73. The smallest absolute Gasteiger partial charge is 0.391 e. The van der Waals surface area contributed by atoms with Crippen LogP contribution >= 0.6 is 0 Å². The van der Waals surface area contributed by atoms with Gasteiger partial charge < -0.3 is 5.11 Å². The first-order valence-corrected chi connectivity index (χ1v) is 5.07. The number of aromatic nitrogens is 3. The summed E-state index contributed by atoms with van der Waals surface area (Å²) in [5.74, 6) is 0.0277. The summed E-state index contributed by atoms with van der Waals surface area (Å²) in [6, 6.07) is 0. The van der Waals surface area contributed by atoms with Gasteiger partial charge in [0, 0.05) is 0 Å². The highest BCUT2D eigenvalue weighted by Gasteiger charge is 2.40. The molecular formula is C9H10F3N3O2. The number of hydrogen-bond donors (Lipinski definition) is 1. The van der Waals surface area contributed by atoms with Gasteiger partial charge in [-0.1, -0.05) is 5.21 Å². The lowest BCUT2D eigenvalue weighted by Gasteiger charge is -2.13. The number of aldehydes is 1. The van der Waals surface area contributed by atoms with Gasteiger partial charge in [-0.2, -0.15) is 13.2 Å². The monoisotopic (exact) mass is 249 g/mol. The second kappa shape index (κ2) is 4.10. The van der Waals surface area contributed by atoms with Gasteiger partial charge in [-0.25, -0.2) is 4.68 Å². The largest absolute Gasteiger partial charge is 0.435 e. The number of carbonyl (C=O) groups is 1. The summed E-state index contributed by atoms with van der Waals surface area (Å²) in [6.45, 7) is -0.291. The number of halogens is 3. The van der Waals surface area contributed by atoms with Gasteiger partial charge in [-0.3, -0.25) is 4.79 Å². The maximum atomic E-state index is 12.7. The number of rotatable bonds is 4. The van der Waals surface area contributed by atoms with E-state index >= 15 is 0 Å². The fourth-order valence-electron chi connectivity index (χ4n) is 1.63. The summed E-state index contributed by atoms with van der Waals surface area (Å²) in [5.41, 5.74) is -1.95. The molecule has 0 spiro atoms. The van der Waals surface area contributed by atoms with Crippen LogP contribution in [0.1, 0.15) is 29.0 Å². The third-order valence-electron chi connectivity index (χ3n) is 2.67. The van der Waals surface area contributed by atoms with Crippen molar-refractivity contribution in [3.05, 3.63) is 11.4 Å². The number of aliphatic hydroxyl groups is 1. The van der Waals surface area contributed by atoms with Gasteiger partial charge in [-0.05, 0) is 18.8 Å². The first-order chi connectivity index (χ1) is 7.93. The molecule has 0 bridgehead atoms. The molecular weight excluding hydrogens is 239 g/mol. The SMILES string of the molecule is O=Cc1nnn(CC(O)C2CC2)c1C(F)(F)F. The van der Waals surface area contributed by atoms with E-state index in [0.29, 0.717) is 4.68 Å². The fraction of sp³-hybridized carbons (Fsp3) is 0.667. The molecule has 5 nitrogen and oxygen atoms in total. The Hall–Kier alpha value is -1.44. The molecule has 0 radical (unpaired) electrons. The zero-order valence-corrected chi connectivity index (χ0v) is 8.68. The molecule has 94 valence electrons. The first kappa shape index (κ1) is 12.0. The predicted octanol–water partition coefficient (Wildman–Crippen LogP) is 0.880. The van der Waals surface area contributed by atoms with Crippen LogP contribution in [0.3, 0.4) is 0 Å². The van der Waals surface area contributed by atoms with E-state index in [9.17, 15) is 23.1 Å². The maximum Gasteiger partial charge on any atom is 0.435 e. The molecule has 17 heavy (non-hydrogen) atoms. The van der Waals surface area contributed by atoms with E-state index in [4.69, 9.17) is 0 Å². The molecule has 1 aliphatic carbocycles. The molecule has 1 heterocycles. The number of hydrogen-bond acceptors (Lipinski definition) is 4. The van der Waals surface area contributed by atoms with Gasteiger partial charge in [0.15, 0.2) is 17.7 Å². The normalized spacial score (nSPS) is 18.1. The number of aliphatic hydroxyl groups excluding tert-OH is 1. The highest BCUT2D eigenvalue weighted by atomic mass is 19.4. The maximum absolute atomic E-state index is 12.7. The van der Waals surface area contributed by atoms with Crippen molar-refractivity contribution < 1.29 is 23.1 Å². The van der Waals surface area contributed by atoms with E-state index in [1.807, 2.05) is 0 Å². The Morgan fingerprint density at radius 3 is 2.65 bits per heavy atom. The van der Waals surface area contributed by atoms with Crippen molar-refractivity contribution in [2.75, 3.05) is 0 Å². The Labute approximate surface area is 94.2 Å². The Balaban J connectivity index is 2.26. The molecule has 0 saturated heterocycles. The zero-order valence-electron chi connectivity index (χ0n) is 8.68. The summed E-state index contributed by atoms with van der Waals surface area (Å²) in [6.07, 6.45) is -3.97. The first-order valence-electron chi connectivity index (χ1n) is 5.07. The Kier molecular flexibility index (Phi) is 2.90. The minimum Gasteiger partial charge on any atom is -0.391 e. The van der Waals surface area contributed by atoms with Gasteiger partial charge in [0.2, 0.25) is 0 Å². The number of nitrogens with zero attached hydrogens (tertiary/aromatic N) is 3. The standard InChI is InChI=1S/C9H10F3N3O2/c10-9(11,12)8-6(4-16)13-14-15(8)3-7(17)5-1-2-5/h4-5,7,17H,1-3H2. The van der Waals surface area contributed by atoms with E-state index in [2.05, 4.69) is 10.3 Å². The molecule has 0 amide bonds. The molecule has 1 aliphatic rings. The summed E-state index contributed by atoms with van der Waals surface area (Å²) >= 11 is 0. The van der Waals surface area contributed by atoms with Crippen molar-refractivity contribution in [3.63, 3.8) is 0 Å². The topological polar surface area (TPSA) is 68.0 Å². The minimum absolute atomic E-state index is 0.00975. The van der Waals surface area contributed by atoms with Crippen LogP contribution < -0.4 is 0 Å². The molecule has 1 aromatic rings. The van der Waals surface area contributed by atoms with Gasteiger partial charge in [-0.15, -0.1) is 5.10 Å². The molecule has 1 aromatic heterocycles. The third kappa shape index (κ3) is 2.46. The Morgan fingerprint density at radius 1 is 1.53 bits per heavy atom. The van der Waals surface area contributed by atoms with Crippen LogP contribution in [0.25, 0.3) is 0 Å². The molecule has 2 rings (SSSR count). The van der Waals surface area contributed by atoms with E-state index in [1.165, 1.54) is 0 Å². The van der Waals surface area contributed by atoms with Crippen molar-refractivity contribution >= 4 is 6.29 Å². The average molecular weight is 249 g/mol. The molecule has 1 N–H and O–H groups in total. The van der Waals surface area contributed by atoms with Crippen LogP contribution in [-0.4, -0.2) is 32.5 Å². The Morgan fingerprint density at radius 2 is 2.18 bits per heavy atom. The minimum atomic E-state index is -4.71. The van der Waals surface area contributed by atoms with Crippen molar-refractivity contribution in [1.29, 1.82) is 0 Å². The lowest BCUT2D eigenvalue weighted by Crippen LogP contribution is -2.24. The Bertz CT molecular complexity index is 426. The van der Waals surface area contributed by atoms with Crippen molar-refractivity contribution in [3.8, 4) is 0 Å². The molecule has 1 saturated carbocycles. The van der Waals surface area contributed by atoms with Crippen molar-refractivity contribution in [2.24, 2.45) is 5.92 Å². The average Bonchev–Trinajstić information content (AvgIpc) is 2.99. The number of carbonyl (C=O) groups excluding carboxylic acids is 1. The van der Waals surface area contributed by atoms with E-state index < -0.39 is 23.7 Å². The van der Waals surface area contributed by atoms with E-state index in [0.717, 1.165) is 12.8 Å². The molecule has 1 atom stereocenters. The van der Waals surface area contributed by atoms with E-state index in [-0.39, 0.29) is 18.7 Å². The van der Waals surface area contributed by atoms with E-state index in [1.54, 1.807) is 0 Å². The van der Waals surface area contributed by atoms with Crippen LogP contribution in [0.5, 0.6) is 0 Å².